The Kier molecular flexibility index (Phi) is 4.42. The lowest BCUT2D eigenvalue weighted by atomic mass is 10.1. The third-order valence-electron chi connectivity index (χ3n) is 4.16. The molecule has 128 valence electrons. The highest BCUT2D eigenvalue weighted by Gasteiger charge is 2.11. The first-order chi connectivity index (χ1) is 12.7. The van der Waals surface area contributed by atoms with E-state index >= 15 is 0 Å². The van der Waals surface area contributed by atoms with E-state index < -0.39 is 0 Å². The zero-order valence-corrected chi connectivity index (χ0v) is 14.6. The molecule has 0 saturated heterocycles. The highest BCUT2D eigenvalue weighted by atomic mass is 35.5. The van der Waals surface area contributed by atoms with Crippen molar-refractivity contribution >= 4 is 23.2 Å². The van der Waals surface area contributed by atoms with Gasteiger partial charge in [-0.05, 0) is 41.0 Å². The highest BCUT2D eigenvalue weighted by Crippen LogP contribution is 2.22. The van der Waals surface area contributed by atoms with Gasteiger partial charge in [-0.15, -0.1) is 0 Å². The van der Waals surface area contributed by atoms with E-state index in [9.17, 15) is 4.79 Å². The first-order valence-electron chi connectivity index (χ1n) is 8.26. The first-order valence-corrected chi connectivity index (χ1v) is 8.64. The van der Waals surface area contributed by atoms with E-state index in [-0.39, 0.29) is 5.91 Å². The third kappa shape index (κ3) is 3.46. The fourth-order valence-electron chi connectivity index (χ4n) is 2.78. The second kappa shape index (κ2) is 7.02. The SMILES string of the molecule is O=C(NCc1ccccc1)c1cn2cc(-c3ccc(Cl)cc3)ccc2n1. The number of fused-ring (bicyclic) bond motifs is 1. The molecule has 4 nitrogen and oxygen atoms in total. The van der Waals surface area contributed by atoms with Gasteiger partial charge < -0.3 is 9.72 Å². The van der Waals surface area contributed by atoms with Crippen molar-refractivity contribution in [3.05, 3.63) is 95.4 Å². The molecule has 2 heterocycles. The predicted octanol–water partition coefficient (Wildman–Crippen LogP) is 4.58. The number of carbonyl (C=O) groups is 1. The number of carbonyl (C=O) groups excluding carboxylic acids is 1. The minimum Gasteiger partial charge on any atom is -0.347 e. The quantitative estimate of drug-likeness (QED) is 0.578. The van der Waals surface area contributed by atoms with Crippen LogP contribution >= 0.6 is 11.6 Å². The molecule has 1 N–H and O–H groups in total. The van der Waals surface area contributed by atoms with Gasteiger partial charge in [0.15, 0.2) is 0 Å². The van der Waals surface area contributed by atoms with Crippen molar-refractivity contribution in [1.29, 1.82) is 0 Å². The minimum atomic E-state index is -0.189. The van der Waals surface area contributed by atoms with Crippen LogP contribution in [-0.2, 0) is 6.54 Å². The van der Waals surface area contributed by atoms with Crippen molar-refractivity contribution in [2.75, 3.05) is 0 Å². The van der Waals surface area contributed by atoms with Gasteiger partial charge in [-0.25, -0.2) is 4.98 Å². The zero-order valence-electron chi connectivity index (χ0n) is 13.9. The Bertz CT molecular complexity index is 1060. The zero-order chi connectivity index (χ0) is 17.9. The van der Waals surface area contributed by atoms with Gasteiger partial charge in [0.05, 0.1) is 0 Å². The number of benzene rings is 2. The number of nitrogens with zero attached hydrogens (tertiary/aromatic N) is 2. The summed E-state index contributed by atoms with van der Waals surface area (Å²) in [6, 6.07) is 21.3. The standard InChI is InChI=1S/C21H16ClN3O/c22-18-9-6-16(7-10-18)17-8-11-20-24-19(14-25(20)13-17)21(26)23-12-15-4-2-1-3-5-15/h1-11,13-14H,12H2,(H,23,26). The molecule has 1 amide bonds. The second-order valence-electron chi connectivity index (χ2n) is 5.98. The van der Waals surface area contributed by atoms with Gasteiger partial charge in [-0.3, -0.25) is 4.79 Å². The van der Waals surface area contributed by atoms with Gasteiger partial charge >= 0.3 is 0 Å². The molecule has 4 rings (SSSR count). The molecular weight excluding hydrogens is 346 g/mol. The number of nitrogens with one attached hydrogen (secondary N) is 1. The summed E-state index contributed by atoms with van der Waals surface area (Å²) in [5.41, 5.74) is 4.26. The van der Waals surface area contributed by atoms with Crippen LogP contribution in [0.2, 0.25) is 5.02 Å². The number of aromatic nitrogens is 2. The molecule has 0 saturated carbocycles. The van der Waals surface area contributed by atoms with Crippen molar-refractivity contribution < 1.29 is 4.79 Å². The molecule has 0 spiro atoms. The molecule has 0 fully saturated rings. The molecule has 0 aliphatic rings. The van der Waals surface area contributed by atoms with Gasteiger partial charge in [0.2, 0.25) is 0 Å². The molecular formula is C21H16ClN3O. The fraction of sp³-hybridized carbons (Fsp3) is 0.0476. The van der Waals surface area contributed by atoms with Gasteiger partial charge in [-0.1, -0.05) is 54.1 Å². The van der Waals surface area contributed by atoms with Crippen LogP contribution in [0, 0.1) is 0 Å². The Hall–Kier alpha value is -3.11. The molecule has 0 unspecified atom stereocenters. The summed E-state index contributed by atoms with van der Waals surface area (Å²) in [6.07, 6.45) is 3.70. The molecule has 2 aromatic heterocycles. The molecule has 0 aliphatic heterocycles. The number of hydrogen-bond acceptors (Lipinski definition) is 2. The predicted molar refractivity (Wildman–Crippen MR) is 103 cm³/mol. The molecule has 5 heteroatoms. The smallest absolute Gasteiger partial charge is 0.271 e. The molecule has 4 aromatic rings. The molecule has 0 bridgehead atoms. The lowest BCUT2D eigenvalue weighted by Gasteiger charge is -2.03. The normalized spacial score (nSPS) is 10.8. The molecule has 0 aliphatic carbocycles. The average molecular weight is 362 g/mol. The summed E-state index contributed by atoms with van der Waals surface area (Å²) in [6.45, 7) is 0.476. The maximum atomic E-state index is 12.4. The summed E-state index contributed by atoms with van der Waals surface area (Å²) >= 11 is 5.95. The van der Waals surface area contributed by atoms with Crippen LogP contribution in [-0.4, -0.2) is 15.3 Å². The van der Waals surface area contributed by atoms with Crippen LogP contribution in [0.4, 0.5) is 0 Å². The summed E-state index contributed by atoms with van der Waals surface area (Å²) in [4.78, 5) is 16.8. The molecule has 26 heavy (non-hydrogen) atoms. The summed E-state index contributed by atoms with van der Waals surface area (Å²) < 4.78 is 1.86. The van der Waals surface area contributed by atoms with Crippen molar-refractivity contribution in [1.82, 2.24) is 14.7 Å². The van der Waals surface area contributed by atoms with Crippen LogP contribution < -0.4 is 5.32 Å². The van der Waals surface area contributed by atoms with Crippen molar-refractivity contribution in [3.8, 4) is 11.1 Å². The van der Waals surface area contributed by atoms with Gasteiger partial charge in [0, 0.05) is 24.0 Å². The van der Waals surface area contributed by atoms with E-state index in [2.05, 4.69) is 10.3 Å². The minimum absolute atomic E-state index is 0.189. The maximum Gasteiger partial charge on any atom is 0.271 e. The Balaban J connectivity index is 1.55. The Morgan fingerprint density at radius 2 is 1.65 bits per heavy atom. The lowest BCUT2D eigenvalue weighted by molar-refractivity contribution is 0.0946. The van der Waals surface area contributed by atoms with Crippen molar-refractivity contribution in [3.63, 3.8) is 0 Å². The Morgan fingerprint density at radius 1 is 0.923 bits per heavy atom. The third-order valence-corrected chi connectivity index (χ3v) is 4.41. The second-order valence-corrected chi connectivity index (χ2v) is 6.42. The fourth-order valence-corrected chi connectivity index (χ4v) is 2.91. The Labute approximate surface area is 156 Å². The van der Waals surface area contributed by atoms with Crippen LogP contribution in [0.15, 0.2) is 79.1 Å². The average Bonchev–Trinajstić information content (AvgIpc) is 3.11. The molecule has 0 radical (unpaired) electrons. The van der Waals surface area contributed by atoms with E-state index in [0.717, 1.165) is 22.3 Å². The molecule has 0 atom stereocenters. The number of pyridine rings is 1. The van der Waals surface area contributed by atoms with E-state index in [1.807, 2.05) is 77.3 Å². The number of rotatable bonds is 4. The highest BCUT2D eigenvalue weighted by molar-refractivity contribution is 6.30. The van der Waals surface area contributed by atoms with Gasteiger partial charge in [-0.2, -0.15) is 0 Å². The summed E-state index contributed by atoms with van der Waals surface area (Å²) in [5, 5.41) is 3.60. The number of hydrogen-bond donors (Lipinski definition) is 1. The largest absolute Gasteiger partial charge is 0.347 e. The number of amides is 1. The van der Waals surface area contributed by atoms with E-state index in [4.69, 9.17) is 11.6 Å². The van der Waals surface area contributed by atoms with Crippen LogP contribution in [0.25, 0.3) is 16.8 Å². The summed E-state index contributed by atoms with van der Waals surface area (Å²) in [5.74, 6) is -0.189. The van der Waals surface area contributed by atoms with Crippen molar-refractivity contribution in [2.24, 2.45) is 0 Å². The van der Waals surface area contributed by atoms with Gasteiger partial charge in [0.25, 0.3) is 5.91 Å². The van der Waals surface area contributed by atoms with Crippen molar-refractivity contribution in [2.45, 2.75) is 6.54 Å². The van der Waals surface area contributed by atoms with Crippen LogP contribution in [0.5, 0.6) is 0 Å². The first kappa shape index (κ1) is 16.4. The number of imidazole rings is 1. The van der Waals surface area contributed by atoms with E-state index in [0.29, 0.717) is 17.3 Å². The number of halogens is 1. The lowest BCUT2D eigenvalue weighted by Crippen LogP contribution is -2.23. The Morgan fingerprint density at radius 3 is 2.42 bits per heavy atom. The van der Waals surface area contributed by atoms with E-state index in [1.54, 1.807) is 6.20 Å². The van der Waals surface area contributed by atoms with Crippen LogP contribution in [0.1, 0.15) is 16.1 Å². The maximum absolute atomic E-state index is 12.4. The van der Waals surface area contributed by atoms with Gasteiger partial charge in [0.1, 0.15) is 11.3 Å². The topological polar surface area (TPSA) is 46.4 Å². The van der Waals surface area contributed by atoms with Crippen LogP contribution in [0.3, 0.4) is 0 Å². The van der Waals surface area contributed by atoms with E-state index in [1.165, 1.54) is 0 Å². The molecule has 2 aromatic carbocycles. The summed E-state index contributed by atoms with van der Waals surface area (Å²) in [7, 11) is 0. The monoisotopic (exact) mass is 361 g/mol.